The van der Waals surface area contributed by atoms with Gasteiger partial charge >= 0.3 is 0 Å². The van der Waals surface area contributed by atoms with Crippen LogP contribution in [-0.2, 0) is 4.79 Å². The van der Waals surface area contributed by atoms with Gasteiger partial charge in [0.05, 0.1) is 11.7 Å². The Morgan fingerprint density at radius 2 is 2.39 bits per heavy atom. The van der Waals surface area contributed by atoms with Gasteiger partial charge in [-0.05, 0) is 24.8 Å². The predicted molar refractivity (Wildman–Crippen MR) is 66.9 cm³/mol. The Bertz CT molecular complexity index is 543. The summed E-state index contributed by atoms with van der Waals surface area (Å²) in [7, 11) is 0. The zero-order chi connectivity index (χ0) is 12.5. The molecule has 0 aromatic carbocycles. The fraction of sp³-hybridized carbons (Fsp3) is 0.385. The predicted octanol–water partition coefficient (Wildman–Crippen LogP) is 1.94. The van der Waals surface area contributed by atoms with E-state index in [2.05, 4.69) is 4.99 Å². The number of aromatic hydroxyl groups is 1. The first-order valence-electron chi connectivity index (χ1n) is 6.08. The van der Waals surface area contributed by atoms with Crippen LogP contribution < -0.4 is 4.74 Å². The number of aliphatic imine (C=N–C) groups is 1. The Kier molecular flexibility index (Phi) is 2.66. The number of hydrogen-bond donors (Lipinski definition) is 1. The quantitative estimate of drug-likeness (QED) is 0.811. The number of hydrogen-bond acceptors (Lipinski definition) is 4. The summed E-state index contributed by atoms with van der Waals surface area (Å²) in [4.78, 5) is 14.9. The highest BCUT2D eigenvalue weighted by Crippen LogP contribution is 2.35. The summed E-state index contributed by atoms with van der Waals surface area (Å²) in [5.74, 6) is 0.111. The average Bonchev–Trinajstić information content (AvgIpc) is 2.59. The van der Waals surface area contributed by atoms with E-state index in [1.165, 1.54) is 12.0 Å². The zero-order valence-corrected chi connectivity index (χ0v) is 9.87. The molecule has 5 nitrogen and oxygen atoms in total. The van der Waals surface area contributed by atoms with Crippen LogP contribution in [0.1, 0.15) is 31.4 Å². The van der Waals surface area contributed by atoms with Crippen LogP contribution >= 0.6 is 0 Å². The molecule has 1 atom stereocenters. The lowest BCUT2D eigenvalue weighted by Crippen LogP contribution is -2.13. The number of nitrogens with zero attached hydrogens (tertiary/aromatic N) is 2. The summed E-state index contributed by atoms with van der Waals surface area (Å²) in [6.07, 6.45) is 8.07. The van der Waals surface area contributed by atoms with Gasteiger partial charge in [-0.2, -0.15) is 0 Å². The van der Waals surface area contributed by atoms with E-state index in [1.807, 2.05) is 6.20 Å². The number of carbonyl (C=O) groups is 1. The zero-order valence-electron chi connectivity index (χ0n) is 9.87. The van der Waals surface area contributed by atoms with Crippen LogP contribution in [0.25, 0.3) is 6.20 Å². The van der Waals surface area contributed by atoms with Gasteiger partial charge in [-0.15, -0.1) is 0 Å². The third-order valence-corrected chi connectivity index (χ3v) is 3.48. The normalized spacial score (nSPS) is 21.6. The van der Waals surface area contributed by atoms with Crippen LogP contribution in [0.5, 0.6) is 11.6 Å². The van der Waals surface area contributed by atoms with Gasteiger partial charge in [-0.25, -0.2) is 0 Å². The van der Waals surface area contributed by atoms with Crippen molar-refractivity contribution < 1.29 is 14.6 Å². The maximum atomic E-state index is 10.3. The van der Waals surface area contributed by atoms with Crippen molar-refractivity contribution in [1.29, 1.82) is 0 Å². The topological polar surface area (TPSA) is 63.8 Å². The largest absolute Gasteiger partial charge is 0.492 e. The number of ether oxygens (including phenoxy) is 1. The molecule has 1 N–H and O–H groups in total. The van der Waals surface area contributed by atoms with E-state index in [1.54, 1.807) is 16.8 Å². The minimum Gasteiger partial charge on any atom is -0.492 e. The first kappa shape index (κ1) is 11.1. The van der Waals surface area contributed by atoms with E-state index in [0.717, 1.165) is 25.0 Å². The van der Waals surface area contributed by atoms with Crippen LogP contribution in [0.2, 0.25) is 0 Å². The molecule has 0 amide bonds. The molecule has 94 valence electrons. The van der Waals surface area contributed by atoms with Crippen molar-refractivity contribution in [3.63, 3.8) is 0 Å². The highest BCUT2D eigenvalue weighted by Gasteiger charge is 2.22. The van der Waals surface area contributed by atoms with E-state index in [0.29, 0.717) is 6.47 Å². The van der Waals surface area contributed by atoms with Crippen molar-refractivity contribution in [2.45, 2.75) is 31.7 Å². The molecule has 2 aliphatic rings. The smallest absolute Gasteiger partial charge is 0.298 e. The molecule has 5 heteroatoms. The molecule has 2 heterocycles. The van der Waals surface area contributed by atoms with Crippen LogP contribution in [0, 0.1) is 0 Å². The molecular weight excluding hydrogens is 232 g/mol. The minimum atomic E-state index is -0.0535. The Morgan fingerprint density at radius 1 is 1.50 bits per heavy atom. The van der Waals surface area contributed by atoms with Gasteiger partial charge in [0.15, 0.2) is 5.75 Å². The van der Waals surface area contributed by atoms with Crippen molar-refractivity contribution >= 4 is 18.9 Å². The maximum Gasteiger partial charge on any atom is 0.298 e. The molecule has 3 rings (SSSR count). The van der Waals surface area contributed by atoms with Crippen molar-refractivity contribution in [1.82, 2.24) is 4.57 Å². The summed E-state index contributed by atoms with van der Waals surface area (Å²) in [6, 6.07) is 1.84. The van der Waals surface area contributed by atoms with Gasteiger partial charge in [-0.1, -0.05) is 6.42 Å². The Labute approximate surface area is 104 Å². The maximum absolute atomic E-state index is 10.3. The first-order valence-corrected chi connectivity index (χ1v) is 6.08. The summed E-state index contributed by atoms with van der Waals surface area (Å²) >= 11 is 0. The van der Waals surface area contributed by atoms with Gasteiger partial charge in [0.2, 0.25) is 5.88 Å². The number of carbonyl (C=O) groups excluding carboxylic acids is 1. The molecule has 1 aliphatic carbocycles. The van der Waals surface area contributed by atoms with Gasteiger partial charge in [0.1, 0.15) is 0 Å². The second-order valence-corrected chi connectivity index (χ2v) is 4.58. The fourth-order valence-electron chi connectivity index (χ4n) is 2.55. The van der Waals surface area contributed by atoms with Gasteiger partial charge < -0.3 is 9.84 Å². The van der Waals surface area contributed by atoms with E-state index < -0.39 is 0 Å². The summed E-state index contributed by atoms with van der Waals surface area (Å²) < 4.78 is 6.35. The van der Waals surface area contributed by atoms with Crippen LogP contribution in [0.15, 0.2) is 16.6 Å². The Balaban J connectivity index is 2.06. The Morgan fingerprint density at radius 3 is 3.22 bits per heavy atom. The third kappa shape index (κ3) is 1.72. The van der Waals surface area contributed by atoms with Gasteiger partial charge in [-0.3, -0.25) is 14.4 Å². The molecule has 1 unspecified atom stereocenters. The van der Waals surface area contributed by atoms with E-state index >= 15 is 0 Å². The monoisotopic (exact) mass is 246 g/mol. The van der Waals surface area contributed by atoms with Crippen LogP contribution in [0.4, 0.5) is 0 Å². The van der Waals surface area contributed by atoms with Gasteiger partial charge in [0.25, 0.3) is 6.47 Å². The molecule has 1 aromatic heterocycles. The summed E-state index contributed by atoms with van der Waals surface area (Å²) in [5.41, 5.74) is 1.95. The lowest BCUT2D eigenvalue weighted by Gasteiger charge is -2.20. The molecule has 1 aromatic rings. The second kappa shape index (κ2) is 4.33. The van der Waals surface area contributed by atoms with Crippen LogP contribution in [-0.4, -0.2) is 28.4 Å². The first-order chi connectivity index (χ1) is 8.79. The highest BCUT2D eigenvalue weighted by atomic mass is 16.5. The summed E-state index contributed by atoms with van der Waals surface area (Å²) in [5, 5.41) is 9.99. The van der Waals surface area contributed by atoms with Crippen molar-refractivity contribution in [3.8, 4) is 11.6 Å². The molecule has 18 heavy (non-hydrogen) atoms. The molecule has 0 bridgehead atoms. The SMILES string of the molecule is O=COc1cc2n(c1O)C=C1CCCCC1N=C2. The average molecular weight is 246 g/mol. The lowest BCUT2D eigenvalue weighted by atomic mass is 9.91. The van der Waals surface area contributed by atoms with Gasteiger partial charge in [0, 0.05) is 18.5 Å². The highest BCUT2D eigenvalue weighted by molar-refractivity contribution is 5.83. The minimum absolute atomic E-state index is 0.0535. The van der Waals surface area contributed by atoms with Crippen LogP contribution in [0.3, 0.4) is 0 Å². The molecule has 0 radical (unpaired) electrons. The van der Waals surface area contributed by atoms with Crippen molar-refractivity contribution in [2.24, 2.45) is 4.99 Å². The summed E-state index contributed by atoms with van der Waals surface area (Å²) in [6.45, 7) is 0.308. The molecule has 1 saturated carbocycles. The number of fused-ring (bicyclic) bond motifs is 2. The third-order valence-electron chi connectivity index (χ3n) is 3.48. The van der Waals surface area contributed by atoms with E-state index in [4.69, 9.17) is 4.74 Å². The van der Waals surface area contributed by atoms with E-state index in [-0.39, 0.29) is 17.7 Å². The van der Waals surface area contributed by atoms with E-state index in [9.17, 15) is 9.90 Å². The Hall–Kier alpha value is -2.04. The molecule has 0 saturated heterocycles. The standard InChI is InChI=1S/C13H14N2O3/c16-8-18-12-5-10-6-14-11-4-2-1-3-9(11)7-15(10)13(12)17/h5-8,11,17H,1-4H2. The molecule has 1 fully saturated rings. The fourth-order valence-corrected chi connectivity index (χ4v) is 2.55. The molecular formula is C13H14N2O3. The van der Waals surface area contributed by atoms with Crippen molar-refractivity contribution in [2.75, 3.05) is 0 Å². The second-order valence-electron chi connectivity index (χ2n) is 4.58. The number of rotatable bonds is 2. The number of aromatic nitrogens is 1. The molecule has 1 aliphatic heterocycles. The van der Waals surface area contributed by atoms with Crippen molar-refractivity contribution in [3.05, 3.63) is 17.3 Å². The lowest BCUT2D eigenvalue weighted by molar-refractivity contribution is -0.120. The molecule has 0 spiro atoms.